The zero-order valence-corrected chi connectivity index (χ0v) is 10.9. The molecule has 0 aliphatic rings. The molecule has 3 nitrogen and oxygen atoms in total. The summed E-state index contributed by atoms with van der Waals surface area (Å²) in [7, 11) is 0. The Balaban J connectivity index is 2.16. The molecule has 3 rings (SSSR count). The number of nitrogens with zero attached hydrogens (tertiary/aromatic N) is 2. The Hall–Kier alpha value is -1.68. The molecule has 0 aliphatic heterocycles. The van der Waals surface area contributed by atoms with Crippen LogP contribution in [0.25, 0.3) is 21.6 Å². The van der Waals surface area contributed by atoms with Crippen LogP contribution >= 0.6 is 11.3 Å². The third-order valence-electron chi connectivity index (χ3n) is 2.88. The molecule has 4 heteroatoms. The van der Waals surface area contributed by atoms with E-state index < -0.39 is 0 Å². The van der Waals surface area contributed by atoms with E-state index >= 15 is 0 Å². The molecule has 0 saturated heterocycles. The van der Waals surface area contributed by atoms with Crippen LogP contribution in [0.15, 0.2) is 18.2 Å². The molecule has 0 aliphatic carbocycles. The first-order chi connectivity index (χ1) is 8.13. The van der Waals surface area contributed by atoms with Crippen molar-refractivity contribution in [3.63, 3.8) is 0 Å². The third kappa shape index (κ3) is 1.74. The zero-order valence-electron chi connectivity index (χ0n) is 10.0. The molecule has 0 saturated carbocycles. The Morgan fingerprint density at radius 1 is 1.12 bits per heavy atom. The molecule has 0 unspecified atom stereocenters. The molecular formula is C13H13N3S. The lowest BCUT2D eigenvalue weighted by Crippen LogP contribution is -1.78. The summed E-state index contributed by atoms with van der Waals surface area (Å²) in [5.74, 6) is 0.948. The topological polar surface area (TPSA) is 41.6 Å². The number of benzene rings is 1. The van der Waals surface area contributed by atoms with E-state index in [1.807, 2.05) is 19.9 Å². The van der Waals surface area contributed by atoms with E-state index in [1.165, 1.54) is 4.88 Å². The maximum Gasteiger partial charge on any atom is 0.123 e. The molecule has 3 aromatic rings. The van der Waals surface area contributed by atoms with E-state index in [0.717, 1.165) is 33.1 Å². The van der Waals surface area contributed by atoms with Crippen molar-refractivity contribution in [3.05, 3.63) is 34.6 Å². The summed E-state index contributed by atoms with van der Waals surface area (Å²) < 4.78 is 0. The van der Waals surface area contributed by atoms with Gasteiger partial charge in [-0.1, -0.05) is 0 Å². The minimum Gasteiger partial charge on any atom is -0.342 e. The molecular weight excluding hydrogens is 230 g/mol. The smallest absolute Gasteiger partial charge is 0.123 e. The van der Waals surface area contributed by atoms with Crippen molar-refractivity contribution in [2.75, 3.05) is 0 Å². The van der Waals surface area contributed by atoms with Crippen LogP contribution in [0.1, 0.15) is 16.4 Å². The van der Waals surface area contributed by atoms with Crippen LogP contribution < -0.4 is 0 Å². The number of H-pyrrole nitrogens is 1. The second-order valence-electron chi connectivity index (χ2n) is 4.21. The minimum atomic E-state index is 0.948. The monoisotopic (exact) mass is 243 g/mol. The predicted octanol–water partition coefficient (Wildman–Crippen LogP) is 3.61. The second-order valence-corrected chi connectivity index (χ2v) is 5.42. The summed E-state index contributed by atoms with van der Waals surface area (Å²) in [5.41, 5.74) is 4.36. The number of aromatic nitrogens is 3. The van der Waals surface area contributed by atoms with Gasteiger partial charge in [-0.3, -0.25) is 0 Å². The lowest BCUT2D eigenvalue weighted by atomic mass is 10.2. The summed E-state index contributed by atoms with van der Waals surface area (Å²) in [6, 6.07) is 6.24. The van der Waals surface area contributed by atoms with Gasteiger partial charge in [0, 0.05) is 10.4 Å². The molecule has 2 heterocycles. The summed E-state index contributed by atoms with van der Waals surface area (Å²) in [5, 5.41) is 1.08. The Labute approximate surface area is 104 Å². The number of imidazole rings is 1. The first-order valence-electron chi connectivity index (χ1n) is 5.54. The molecule has 1 N–H and O–H groups in total. The van der Waals surface area contributed by atoms with Crippen LogP contribution in [-0.4, -0.2) is 15.0 Å². The van der Waals surface area contributed by atoms with E-state index in [4.69, 9.17) is 0 Å². The van der Waals surface area contributed by atoms with Gasteiger partial charge in [0.2, 0.25) is 0 Å². The maximum atomic E-state index is 4.58. The molecule has 0 spiro atoms. The van der Waals surface area contributed by atoms with E-state index in [-0.39, 0.29) is 0 Å². The van der Waals surface area contributed by atoms with Gasteiger partial charge in [-0.25, -0.2) is 9.97 Å². The highest BCUT2D eigenvalue weighted by Gasteiger charge is 2.08. The van der Waals surface area contributed by atoms with Gasteiger partial charge in [-0.15, -0.1) is 11.3 Å². The number of aryl methyl sites for hydroxylation is 3. The third-order valence-corrected chi connectivity index (χ3v) is 4.00. The molecule has 1 aromatic carbocycles. The summed E-state index contributed by atoms with van der Waals surface area (Å²) >= 11 is 1.74. The highest BCUT2D eigenvalue weighted by Crippen LogP contribution is 2.29. The molecule has 0 bridgehead atoms. The van der Waals surface area contributed by atoms with Gasteiger partial charge in [-0.2, -0.15) is 0 Å². The van der Waals surface area contributed by atoms with Crippen LogP contribution in [0.3, 0.4) is 0 Å². The van der Waals surface area contributed by atoms with Crippen LogP contribution in [0, 0.1) is 20.8 Å². The SMILES string of the molecule is Cc1nc2ccc(-c3nc(C)c(C)s3)cc2[nH]1. The number of rotatable bonds is 1. The molecule has 2 aromatic heterocycles. The van der Waals surface area contributed by atoms with Gasteiger partial charge in [0.15, 0.2) is 0 Å². The predicted molar refractivity (Wildman–Crippen MR) is 71.4 cm³/mol. The zero-order chi connectivity index (χ0) is 12.0. The van der Waals surface area contributed by atoms with E-state index in [9.17, 15) is 0 Å². The van der Waals surface area contributed by atoms with E-state index in [0.29, 0.717) is 0 Å². The van der Waals surface area contributed by atoms with Gasteiger partial charge in [0.25, 0.3) is 0 Å². The first-order valence-corrected chi connectivity index (χ1v) is 6.36. The molecule has 0 radical (unpaired) electrons. The largest absolute Gasteiger partial charge is 0.342 e. The molecule has 0 fully saturated rings. The maximum absolute atomic E-state index is 4.58. The number of thiazole rings is 1. The van der Waals surface area contributed by atoms with Crippen molar-refractivity contribution >= 4 is 22.4 Å². The Morgan fingerprint density at radius 2 is 1.94 bits per heavy atom. The van der Waals surface area contributed by atoms with Gasteiger partial charge >= 0.3 is 0 Å². The van der Waals surface area contributed by atoms with Crippen LogP contribution in [0.2, 0.25) is 0 Å². The lowest BCUT2D eigenvalue weighted by Gasteiger charge is -1.95. The highest BCUT2D eigenvalue weighted by molar-refractivity contribution is 7.15. The van der Waals surface area contributed by atoms with Crippen LogP contribution in [-0.2, 0) is 0 Å². The average molecular weight is 243 g/mol. The first kappa shape index (κ1) is 10.5. The van der Waals surface area contributed by atoms with Crippen molar-refractivity contribution in [1.29, 1.82) is 0 Å². The standard InChI is InChI=1S/C13H13N3S/c1-7-8(2)17-13(14-7)10-4-5-11-12(6-10)16-9(3)15-11/h4-6H,1-3H3,(H,15,16). The summed E-state index contributed by atoms with van der Waals surface area (Å²) in [4.78, 5) is 13.5. The Bertz CT molecular complexity index is 674. The normalized spacial score (nSPS) is 11.2. The Kier molecular flexibility index (Phi) is 2.26. The molecule has 0 amide bonds. The van der Waals surface area contributed by atoms with E-state index in [2.05, 4.69) is 34.0 Å². The molecule has 86 valence electrons. The van der Waals surface area contributed by atoms with Crippen molar-refractivity contribution in [3.8, 4) is 10.6 Å². The molecule has 0 atom stereocenters. The molecule has 17 heavy (non-hydrogen) atoms. The fourth-order valence-electron chi connectivity index (χ4n) is 1.87. The minimum absolute atomic E-state index is 0.948. The number of hydrogen-bond donors (Lipinski definition) is 1. The van der Waals surface area contributed by atoms with E-state index in [1.54, 1.807) is 11.3 Å². The fraction of sp³-hybridized carbons (Fsp3) is 0.231. The fourth-order valence-corrected chi connectivity index (χ4v) is 2.78. The van der Waals surface area contributed by atoms with Crippen molar-refractivity contribution < 1.29 is 0 Å². The Morgan fingerprint density at radius 3 is 2.65 bits per heavy atom. The second kappa shape index (κ2) is 3.67. The number of aromatic amines is 1. The van der Waals surface area contributed by atoms with Gasteiger partial charge in [-0.05, 0) is 39.0 Å². The van der Waals surface area contributed by atoms with Crippen molar-refractivity contribution in [2.24, 2.45) is 0 Å². The van der Waals surface area contributed by atoms with Crippen LogP contribution in [0.4, 0.5) is 0 Å². The summed E-state index contributed by atoms with van der Waals surface area (Å²) in [6.45, 7) is 6.13. The number of fused-ring (bicyclic) bond motifs is 1. The van der Waals surface area contributed by atoms with Gasteiger partial charge in [0.05, 0.1) is 16.7 Å². The van der Waals surface area contributed by atoms with Gasteiger partial charge < -0.3 is 4.98 Å². The number of hydrogen-bond acceptors (Lipinski definition) is 3. The summed E-state index contributed by atoms with van der Waals surface area (Å²) in [6.07, 6.45) is 0. The van der Waals surface area contributed by atoms with Crippen molar-refractivity contribution in [1.82, 2.24) is 15.0 Å². The quantitative estimate of drug-likeness (QED) is 0.709. The lowest BCUT2D eigenvalue weighted by molar-refractivity contribution is 1.17. The average Bonchev–Trinajstić information content (AvgIpc) is 2.80. The van der Waals surface area contributed by atoms with Crippen molar-refractivity contribution in [2.45, 2.75) is 20.8 Å². The van der Waals surface area contributed by atoms with Crippen LogP contribution in [0.5, 0.6) is 0 Å². The highest BCUT2D eigenvalue weighted by atomic mass is 32.1. The number of nitrogens with one attached hydrogen (secondary N) is 1. The van der Waals surface area contributed by atoms with Gasteiger partial charge in [0.1, 0.15) is 10.8 Å².